The Balaban J connectivity index is 2.01. The molecule has 4 nitrogen and oxygen atoms in total. The van der Waals surface area contributed by atoms with E-state index in [-0.39, 0.29) is 0 Å². The van der Waals surface area contributed by atoms with Gasteiger partial charge in [-0.25, -0.2) is 9.97 Å². The smallest absolute Gasteiger partial charge is 0.321 e. The number of aromatic nitrogens is 2. The second-order valence-electron chi connectivity index (χ2n) is 4.44. The highest BCUT2D eigenvalue weighted by Gasteiger charge is 2.04. The third-order valence-electron chi connectivity index (χ3n) is 2.43. The number of para-hydroxylation sites is 1. The lowest BCUT2D eigenvalue weighted by Crippen LogP contribution is -2.21. The summed E-state index contributed by atoms with van der Waals surface area (Å²) in [5, 5.41) is 3.84. The van der Waals surface area contributed by atoms with Gasteiger partial charge in [0.2, 0.25) is 0 Å². The number of halogens is 1. The lowest BCUT2D eigenvalue weighted by molar-refractivity contribution is 0.440. The standard InChI is InChI=1S/C14H16ClN3O/c1-10(2)16-7-11-8-17-14(18-9-11)19-13-6-4-3-5-12(13)15/h3-6,8-10,16H,7H2,1-2H3. The molecule has 0 atom stereocenters. The molecule has 0 amide bonds. The van der Waals surface area contributed by atoms with Gasteiger partial charge in [0, 0.05) is 30.5 Å². The van der Waals surface area contributed by atoms with Crippen molar-refractivity contribution in [2.24, 2.45) is 0 Å². The molecular weight excluding hydrogens is 262 g/mol. The van der Waals surface area contributed by atoms with E-state index in [0.29, 0.717) is 22.8 Å². The molecule has 19 heavy (non-hydrogen) atoms. The predicted octanol–water partition coefficient (Wildman–Crippen LogP) is 3.42. The first-order valence-corrected chi connectivity index (χ1v) is 6.49. The molecule has 0 radical (unpaired) electrons. The Morgan fingerprint density at radius 3 is 2.53 bits per heavy atom. The molecule has 0 aliphatic heterocycles. The van der Waals surface area contributed by atoms with Crippen LogP contribution in [0, 0.1) is 0 Å². The molecule has 0 saturated heterocycles. The number of rotatable bonds is 5. The third-order valence-corrected chi connectivity index (χ3v) is 2.75. The van der Waals surface area contributed by atoms with Crippen LogP contribution in [0.15, 0.2) is 36.7 Å². The van der Waals surface area contributed by atoms with Crippen molar-refractivity contribution >= 4 is 11.6 Å². The molecule has 100 valence electrons. The van der Waals surface area contributed by atoms with Crippen LogP contribution in [-0.2, 0) is 6.54 Å². The van der Waals surface area contributed by atoms with Crippen LogP contribution in [0.2, 0.25) is 5.02 Å². The summed E-state index contributed by atoms with van der Waals surface area (Å²) in [4.78, 5) is 8.32. The molecule has 0 unspecified atom stereocenters. The summed E-state index contributed by atoms with van der Waals surface area (Å²) in [6, 6.07) is 7.96. The van der Waals surface area contributed by atoms with Gasteiger partial charge in [0.05, 0.1) is 5.02 Å². The average Bonchev–Trinajstić information content (AvgIpc) is 2.40. The summed E-state index contributed by atoms with van der Waals surface area (Å²) in [5.74, 6) is 0.553. The summed E-state index contributed by atoms with van der Waals surface area (Å²) in [5.41, 5.74) is 1.01. The number of ether oxygens (including phenoxy) is 1. The second kappa shape index (κ2) is 6.50. The monoisotopic (exact) mass is 277 g/mol. The van der Waals surface area contributed by atoms with E-state index < -0.39 is 0 Å². The SMILES string of the molecule is CC(C)NCc1cnc(Oc2ccccc2Cl)nc1. The number of benzene rings is 1. The average molecular weight is 278 g/mol. The zero-order chi connectivity index (χ0) is 13.7. The van der Waals surface area contributed by atoms with Crippen LogP contribution in [0.4, 0.5) is 0 Å². The van der Waals surface area contributed by atoms with Gasteiger partial charge in [0.1, 0.15) is 5.75 Å². The lowest BCUT2D eigenvalue weighted by Gasteiger charge is -2.08. The van der Waals surface area contributed by atoms with Gasteiger partial charge in [-0.15, -0.1) is 0 Å². The zero-order valence-corrected chi connectivity index (χ0v) is 11.7. The van der Waals surface area contributed by atoms with Crippen molar-refractivity contribution in [2.45, 2.75) is 26.4 Å². The highest BCUT2D eigenvalue weighted by molar-refractivity contribution is 6.32. The van der Waals surface area contributed by atoms with E-state index in [1.54, 1.807) is 24.5 Å². The first-order chi connectivity index (χ1) is 9.15. The Bertz CT molecular complexity index is 528. The van der Waals surface area contributed by atoms with Crippen molar-refractivity contribution in [3.05, 3.63) is 47.2 Å². The molecule has 1 aromatic carbocycles. The Hall–Kier alpha value is -1.65. The fourth-order valence-electron chi connectivity index (χ4n) is 1.43. The van der Waals surface area contributed by atoms with Crippen molar-refractivity contribution in [1.29, 1.82) is 0 Å². The van der Waals surface area contributed by atoms with Crippen LogP contribution in [0.5, 0.6) is 11.8 Å². The highest BCUT2D eigenvalue weighted by Crippen LogP contribution is 2.26. The first kappa shape index (κ1) is 13.8. The van der Waals surface area contributed by atoms with Crippen LogP contribution in [-0.4, -0.2) is 16.0 Å². The molecular formula is C14H16ClN3O. The van der Waals surface area contributed by atoms with Crippen LogP contribution in [0.25, 0.3) is 0 Å². The molecule has 0 bridgehead atoms. The molecule has 2 rings (SSSR count). The summed E-state index contributed by atoms with van der Waals surface area (Å²) in [6.07, 6.45) is 3.49. The number of hydrogen-bond acceptors (Lipinski definition) is 4. The minimum atomic E-state index is 0.293. The fourth-order valence-corrected chi connectivity index (χ4v) is 1.61. The van der Waals surface area contributed by atoms with E-state index >= 15 is 0 Å². The molecule has 0 fully saturated rings. The van der Waals surface area contributed by atoms with Crippen LogP contribution in [0.3, 0.4) is 0 Å². The van der Waals surface area contributed by atoms with Gasteiger partial charge in [0.15, 0.2) is 0 Å². The second-order valence-corrected chi connectivity index (χ2v) is 4.85. The fraction of sp³-hybridized carbons (Fsp3) is 0.286. The van der Waals surface area contributed by atoms with Crippen molar-refractivity contribution in [3.63, 3.8) is 0 Å². The molecule has 1 aromatic heterocycles. The largest absolute Gasteiger partial charge is 0.423 e. The zero-order valence-electron chi connectivity index (χ0n) is 10.9. The van der Waals surface area contributed by atoms with Gasteiger partial charge in [-0.3, -0.25) is 0 Å². The number of nitrogens with one attached hydrogen (secondary N) is 1. The van der Waals surface area contributed by atoms with E-state index in [1.807, 2.05) is 12.1 Å². The minimum absolute atomic E-state index is 0.293. The van der Waals surface area contributed by atoms with E-state index in [9.17, 15) is 0 Å². The topological polar surface area (TPSA) is 47.0 Å². The maximum atomic E-state index is 6.00. The molecule has 1 heterocycles. The molecule has 0 aliphatic carbocycles. The Labute approximate surface area is 117 Å². The molecule has 2 aromatic rings. The van der Waals surface area contributed by atoms with Gasteiger partial charge >= 0.3 is 6.01 Å². The van der Waals surface area contributed by atoms with Crippen molar-refractivity contribution < 1.29 is 4.74 Å². The quantitative estimate of drug-likeness (QED) is 0.910. The van der Waals surface area contributed by atoms with Crippen molar-refractivity contribution in [3.8, 4) is 11.8 Å². The predicted molar refractivity (Wildman–Crippen MR) is 75.5 cm³/mol. The van der Waals surface area contributed by atoms with Gasteiger partial charge in [-0.05, 0) is 12.1 Å². The maximum Gasteiger partial charge on any atom is 0.321 e. The molecule has 0 aliphatic rings. The summed E-state index contributed by atoms with van der Waals surface area (Å²) < 4.78 is 5.52. The van der Waals surface area contributed by atoms with E-state index in [0.717, 1.165) is 12.1 Å². The number of hydrogen-bond donors (Lipinski definition) is 1. The highest BCUT2D eigenvalue weighted by atomic mass is 35.5. The maximum absolute atomic E-state index is 6.00. The van der Waals surface area contributed by atoms with Crippen molar-refractivity contribution in [2.75, 3.05) is 0 Å². The first-order valence-electron chi connectivity index (χ1n) is 6.12. The van der Waals surface area contributed by atoms with E-state index in [4.69, 9.17) is 16.3 Å². The van der Waals surface area contributed by atoms with Gasteiger partial charge in [-0.2, -0.15) is 0 Å². The van der Waals surface area contributed by atoms with Crippen LogP contribution >= 0.6 is 11.6 Å². The van der Waals surface area contributed by atoms with Gasteiger partial charge in [0.25, 0.3) is 0 Å². The molecule has 0 spiro atoms. The van der Waals surface area contributed by atoms with Crippen LogP contribution in [0.1, 0.15) is 19.4 Å². The van der Waals surface area contributed by atoms with Gasteiger partial charge < -0.3 is 10.1 Å². The molecule has 5 heteroatoms. The normalized spacial score (nSPS) is 10.7. The Kier molecular flexibility index (Phi) is 4.71. The van der Waals surface area contributed by atoms with Crippen molar-refractivity contribution in [1.82, 2.24) is 15.3 Å². The Morgan fingerprint density at radius 2 is 1.89 bits per heavy atom. The summed E-state index contributed by atoms with van der Waals surface area (Å²) >= 11 is 6.00. The summed E-state index contributed by atoms with van der Waals surface area (Å²) in [7, 11) is 0. The van der Waals surface area contributed by atoms with Gasteiger partial charge in [-0.1, -0.05) is 37.6 Å². The number of nitrogens with zero attached hydrogens (tertiary/aromatic N) is 2. The van der Waals surface area contributed by atoms with E-state index in [2.05, 4.69) is 29.1 Å². The molecule has 0 saturated carbocycles. The van der Waals surface area contributed by atoms with E-state index in [1.165, 1.54) is 0 Å². The molecule has 1 N–H and O–H groups in total. The summed E-state index contributed by atoms with van der Waals surface area (Å²) in [6.45, 7) is 4.93. The Morgan fingerprint density at radius 1 is 1.21 bits per heavy atom. The minimum Gasteiger partial charge on any atom is -0.423 e. The van der Waals surface area contributed by atoms with Crippen LogP contribution < -0.4 is 10.1 Å². The third kappa shape index (κ3) is 4.19. The lowest BCUT2D eigenvalue weighted by atomic mass is 10.3.